The Bertz CT molecular complexity index is 750. The van der Waals surface area contributed by atoms with Gasteiger partial charge in [-0.05, 0) is 48.9 Å². The van der Waals surface area contributed by atoms with Gasteiger partial charge in [0, 0.05) is 24.5 Å². The van der Waals surface area contributed by atoms with Crippen LogP contribution in [0, 0.1) is 12.7 Å². The zero-order valence-electron chi connectivity index (χ0n) is 14.5. The van der Waals surface area contributed by atoms with Crippen LogP contribution in [-0.4, -0.2) is 36.1 Å². The molecule has 26 heavy (non-hydrogen) atoms. The number of aryl methyl sites for hydroxylation is 1. The quantitative estimate of drug-likeness (QED) is 0.517. The van der Waals surface area contributed by atoms with Gasteiger partial charge in [0.25, 0.3) is 0 Å². The van der Waals surface area contributed by atoms with Gasteiger partial charge in [0.1, 0.15) is 11.9 Å². The zero-order chi connectivity index (χ0) is 18.9. The summed E-state index contributed by atoms with van der Waals surface area (Å²) in [6.07, 6.45) is -0.225. The van der Waals surface area contributed by atoms with Crippen molar-refractivity contribution in [2.75, 3.05) is 23.7 Å². The Labute approximate surface area is 151 Å². The van der Waals surface area contributed by atoms with Gasteiger partial charge in [-0.15, -0.1) is 0 Å². The molecule has 0 bridgehead atoms. The molecule has 138 valence electrons. The van der Waals surface area contributed by atoms with E-state index in [-0.39, 0.29) is 6.42 Å². The Kier molecular flexibility index (Phi) is 7.11. The molecule has 1 atom stereocenters. The van der Waals surface area contributed by atoms with E-state index in [4.69, 9.17) is 0 Å². The number of hydrogen-bond donors (Lipinski definition) is 4. The van der Waals surface area contributed by atoms with Gasteiger partial charge >= 0.3 is 5.97 Å². The first kappa shape index (κ1) is 19.4. The lowest BCUT2D eigenvalue weighted by atomic mass is 10.2. The number of hydrogen-bond acceptors (Lipinski definition) is 4. The third-order valence-corrected chi connectivity index (χ3v) is 3.68. The van der Waals surface area contributed by atoms with Crippen LogP contribution in [0.15, 0.2) is 48.5 Å². The highest BCUT2D eigenvalue weighted by Gasteiger charge is 2.20. The van der Waals surface area contributed by atoms with Gasteiger partial charge in [-0.3, -0.25) is 9.59 Å². The molecule has 1 unspecified atom stereocenters. The Morgan fingerprint density at radius 1 is 1.08 bits per heavy atom. The molecule has 0 spiro atoms. The third kappa shape index (κ3) is 6.52. The maximum Gasteiger partial charge on any atom is 0.321 e. The molecule has 0 aromatic heterocycles. The molecule has 2 aromatic rings. The first-order valence-corrected chi connectivity index (χ1v) is 8.26. The van der Waals surface area contributed by atoms with Crippen LogP contribution in [0.5, 0.6) is 0 Å². The minimum Gasteiger partial charge on any atom is -0.480 e. The molecule has 0 saturated heterocycles. The normalized spacial score (nSPS) is 11.6. The summed E-state index contributed by atoms with van der Waals surface area (Å²) in [5.41, 5.74) is 2.50. The highest BCUT2D eigenvalue weighted by Crippen LogP contribution is 2.10. The van der Waals surface area contributed by atoms with Crippen molar-refractivity contribution >= 4 is 23.3 Å². The molecule has 0 fully saturated rings. The second-order valence-electron chi connectivity index (χ2n) is 5.90. The second kappa shape index (κ2) is 9.53. The van der Waals surface area contributed by atoms with Crippen molar-refractivity contribution < 1.29 is 19.1 Å². The van der Waals surface area contributed by atoms with Gasteiger partial charge < -0.3 is 21.1 Å². The first-order chi connectivity index (χ1) is 12.4. The molecule has 6 nitrogen and oxygen atoms in total. The fourth-order valence-corrected chi connectivity index (χ4v) is 2.39. The molecule has 4 N–H and O–H groups in total. The lowest BCUT2D eigenvalue weighted by Crippen LogP contribution is -2.41. The number of amides is 1. The van der Waals surface area contributed by atoms with Crippen LogP contribution in [0.4, 0.5) is 15.8 Å². The van der Waals surface area contributed by atoms with Crippen LogP contribution in [0.25, 0.3) is 0 Å². The summed E-state index contributed by atoms with van der Waals surface area (Å²) < 4.78 is 12.9. The predicted molar refractivity (Wildman–Crippen MR) is 98.7 cm³/mol. The van der Waals surface area contributed by atoms with Gasteiger partial charge in [-0.1, -0.05) is 12.1 Å². The number of rotatable bonds is 9. The summed E-state index contributed by atoms with van der Waals surface area (Å²) in [5.74, 6) is -1.97. The van der Waals surface area contributed by atoms with Crippen LogP contribution in [0.3, 0.4) is 0 Å². The van der Waals surface area contributed by atoms with Crippen LogP contribution in [-0.2, 0) is 9.59 Å². The molecule has 0 saturated carbocycles. The summed E-state index contributed by atoms with van der Waals surface area (Å²) in [4.78, 5) is 23.3. The van der Waals surface area contributed by atoms with E-state index in [0.717, 1.165) is 11.3 Å². The highest BCUT2D eigenvalue weighted by molar-refractivity contribution is 5.94. The molecular formula is C19H22FN3O3. The molecule has 2 rings (SSSR count). The van der Waals surface area contributed by atoms with E-state index in [2.05, 4.69) is 16.0 Å². The first-order valence-electron chi connectivity index (χ1n) is 8.26. The Balaban J connectivity index is 1.77. The fraction of sp³-hybridized carbons (Fsp3) is 0.263. The van der Waals surface area contributed by atoms with Crippen molar-refractivity contribution in [1.82, 2.24) is 5.32 Å². The molecule has 0 aliphatic heterocycles. The van der Waals surface area contributed by atoms with E-state index in [1.54, 1.807) is 0 Å². The molecule has 0 radical (unpaired) electrons. The SMILES string of the molecule is Cc1cccc(NCCNC(CC(=O)Nc2ccc(F)cc2)C(=O)O)c1. The topological polar surface area (TPSA) is 90.5 Å². The van der Waals surface area contributed by atoms with E-state index >= 15 is 0 Å². The van der Waals surface area contributed by atoms with Crippen molar-refractivity contribution in [1.29, 1.82) is 0 Å². The van der Waals surface area contributed by atoms with E-state index in [9.17, 15) is 19.1 Å². The number of carboxylic acid groups (broad SMARTS) is 1. The van der Waals surface area contributed by atoms with Gasteiger partial charge in [0.2, 0.25) is 5.91 Å². The van der Waals surface area contributed by atoms with Gasteiger partial charge in [-0.25, -0.2) is 4.39 Å². The minimum absolute atomic E-state index is 0.225. The number of halogens is 1. The van der Waals surface area contributed by atoms with Gasteiger partial charge in [0.05, 0.1) is 6.42 Å². The number of nitrogens with one attached hydrogen (secondary N) is 3. The number of carboxylic acids is 1. The standard InChI is InChI=1S/C19H22FN3O3/c1-13-3-2-4-16(11-13)21-9-10-22-17(19(25)26)12-18(24)23-15-7-5-14(20)6-8-15/h2-8,11,17,21-22H,9-10,12H2,1H3,(H,23,24)(H,25,26). The number of carbonyl (C=O) groups is 2. The van der Waals surface area contributed by atoms with Crippen molar-refractivity contribution in [2.24, 2.45) is 0 Å². The molecule has 0 heterocycles. The zero-order valence-corrected chi connectivity index (χ0v) is 14.5. The largest absolute Gasteiger partial charge is 0.480 e. The number of carbonyl (C=O) groups excluding carboxylic acids is 1. The second-order valence-corrected chi connectivity index (χ2v) is 5.90. The number of aliphatic carboxylic acids is 1. The van der Waals surface area contributed by atoms with Crippen LogP contribution in [0.1, 0.15) is 12.0 Å². The van der Waals surface area contributed by atoms with Gasteiger partial charge in [0.15, 0.2) is 0 Å². The average molecular weight is 359 g/mol. The van der Waals surface area contributed by atoms with Gasteiger partial charge in [-0.2, -0.15) is 0 Å². The molecule has 0 aliphatic rings. The van der Waals surface area contributed by atoms with E-state index in [1.165, 1.54) is 24.3 Å². The van der Waals surface area contributed by atoms with Crippen molar-refractivity contribution in [3.63, 3.8) is 0 Å². The number of benzene rings is 2. The summed E-state index contributed by atoms with van der Waals surface area (Å²) in [7, 11) is 0. The predicted octanol–water partition coefficient (Wildman–Crippen LogP) is 2.62. The fourth-order valence-electron chi connectivity index (χ4n) is 2.39. The lowest BCUT2D eigenvalue weighted by Gasteiger charge is -2.15. The average Bonchev–Trinajstić information content (AvgIpc) is 2.59. The monoisotopic (exact) mass is 359 g/mol. The number of anilines is 2. The highest BCUT2D eigenvalue weighted by atomic mass is 19.1. The van der Waals surface area contributed by atoms with Crippen LogP contribution >= 0.6 is 0 Å². The van der Waals surface area contributed by atoms with E-state index in [0.29, 0.717) is 18.8 Å². The molecule has 7 heteroatoms. The maximum absolute atomic E-state index is 12.9. The summed E-state index contributed by atoms with van der Waals surface area (Å²) in [5, 5.41) is 17.9. The van der Waals surface area contributed by atoms with Crippen molar-refractivity contribution in [3.05, 3.63) is 59.9 Å². The summed E-state index contributed by atoms with van der Waals surface area (Å²) >= 11 is 0. The smallest absolute Gasteiger partial charge is 0.321 e. The summed E-state index contributed by atoms with van der Waals surface area (Å²) in [6, 6.07) is 12.1. The van der Waals surface area contributed by atoms with E-state index < -0.39 is 23.7 Å². The molecule has 1 amide bonds. The molecule has 0 aliphatic carbocycles. The minimum atomic E-state index is -1.10. The Hall–Kier alpha value is -2.93. The molecular weight excluding hydrogens is 337 g/mol. The van der Waals surface area contributed by atoms with Crippen LogP contribution in [0.2, 0.25) is 0 Å². The Morgan fingerprint density at radius 3 is 2.46 bits per heavy atom. The third-order valence-electron chi connectivity index (χ3n) is 3.68. The van der Waals surface area contributed by atoms with Crippen molar-refractivity contribution in [3.8, 4) is 0 Å². The van der Waals surface area contributed by atoms with Crippen molar-refractivity contribution in [2.45, 2.75) is 19.4 Å². The van der Waals surface area contributed by atoms with E-state index in [1.807, 2.05) is 31.2 Å². The lowest BCUT2D eigenvalue weighted by molar-refractivity contribution is -0.141. The Morgan fingerprint density at radius 2 is 1.81 bits per heavy atom. The summed E-state index contributed by atoms with van der Waals surface area (Å²) in [6.45, 7) is 2.89. The van der Waals surface area contributed by atoms with Crippen LogP contribution < -0.4 is 16.0 Å². The maximum atomic E-state index is 12.9. The molecule has 2 aromatic carbocycles.